The summed E-state index contributed by atoms with van der Waals surface area (Å²) in [5.41, 5.74) is 1.07. The lowest BCUT2D eigenvalue weighted by Crippen LogP contribution is -2.38. The Hall–Kier alpha value is -4.01. The minimum absolute atomic E-state index is 0.0189. The van der Waals surface area contributed by atoms with E-state index in [0.29, 0.717) is 23.6 Å². The molecule has 0 spiro atoms. The summed E-state index contributed by atoms with van der Waals surface area (Å²) in [6.45, 7) is 1.70. The third-order valence-corrected chi connectivity index (χ3v) is 4.23. The number of urea groups is 1. The van der Waals surface area contributed by atoms with E-state index in [2.05, 4.69) is 10.6 Å². The van der Waals surface area contributed by atoms with Crippen LogP contribution in [0.2, 0.25) is 0 Å². The third-order valence-electron chi connectivity index (χ3n) is 4.23. The molecule has 3 rings (SSSR count). The first-order valence-electron chi connectivity index (χ1n) is 9.15. The van der Waals surface area contributed by atoms with Crippen LogP contribution in [-0.4, -0.2) is 48.1 Å². The van der Waals surface area contributed by atoms with Crippen LogP contribution in [0.1, 0.15) is 12.5 Å². The highest BCUT2D eigenvalue weighted by atomic mass is 16.5. The Morgan fingerprint density at radius 1 is 1.20 bits per heavy atom. The topological polar surface area (TPSA) is 117 Å². The molecular formula is C21H21N3O6. The van der Waals surface area contributed by atoms with E-state index in [1.807, 2.05) is 0 Å². The van der Waals surface area contributed by atoms with Crippen LogP contribution >= 0.6 is 0 Å². The molecule has 2 aromatic carbocycles. The normalized spacial score (nSPS) is 14.6. The average Bonchev–Trinajstić information content (AvgIpc) is 2.98. The van der Waals surface area contributed by atoms with Crippen molar-refractivity contribution in [1.82, 2.24) is 10.2 Å². The van der Waals surface area contributed by atoms with Gasteiger partial charge < -0.3 is 25.2 Å². The van der Waals surface area contributed by atoms with Crippen LogP contribution in [0.4, 0.5) is 10.5 Å². The van der Waals surface area contributed by atoms with Gasteiger partial charge >= 0.3 is 6.03 Å². The van der Waals surface area contributed by atoms with Crippen LogP contribution in [-0.2, 0) is 9.59 Å². The van der Waals surface area contributed by atoms with E-state index in [9.17, 15) is 19.5 Å². The van der Waals surface area contributed by atoms with Crippen LogP contribution < -0.4 is 20.1 Å². The predicted molar refractivity (Wildman–Crippen MR) is 109 cm³/mol. The molecule has 1 aliphatic heterocycles. The number of phenolic OH excluding ortho intramolecular Hbond substituents is 1. The summed E-state index contributed by atoms with van der Waals surface area (Å²) < 4.78 is 10.4. The zero-order chi connectivity index (χ0) is 21.7. The highest BCUT2D eigenvalue weighted by Crippen LogP contribution is 2.28. The molecule has 1 saturated heterocycles. The van der Waals surface area contributed by atoms with Gasteiger partial charge in [-0.2, -0.15) is 0 Å². The Bertz CT molecular complexity index is 1000. The fourth-order valence-electron chi connectivity index (χ4n) is 2.79. The summed E-state index contributed by atoms with van der Waals surface area (Å²) in [6.07, 6.45) is 1.45. The molecule has 1 heterocycles. The highest BCUT2D eigenvalue weighted by molar-refractivity contribution is 6.15. The maximum Gasteiger partial charge on any atom is 0.329 e. The Morgan fingerprint density at radius 3 is 2.60 bits per heavy atom. The standard InChI is InChI=1S/C21H21N3O6/c1-3-30-18-11-13(4-9-17(18)25)10-16-20(27)24(21(28)23-16)12-19(26)22-14-5-7-15(29-2)8-6-14/h4-11,25H,3,12H2,1-2H3,(H,22,26)(H,23,28)/b16-10-. The second-order valence-corrected chi connectivity index (χ2v) is 6.32. The van der Waals surface area contributed by atoms with Crippen molar-refractivity contribution in [1.29, 1.82) is 0 Å². The summed E-state index contributed by atoms with van der Waals surface area (Å²) in [7, 11) is 1.53. The lowest BCUT2D eigenvalue weighted by atomic mass is 10.1. The highest BCUT2D eigenvalue weighted by Gasteiger charge is 2.34. The fraction of sp³-hybridized carbons (Fsp3) is 0.190. The number of nitrogens with zero attached hydrogens (tertiary/aromatic N) is 1. The number of nitrogens with one attached hydrogen (secondary N) is 2. The molecule has 2 aromatic rings. The van der Waals surface area contributed by atoms with E-state index in [-0.39, 0.29) is 17.2 Å². The number of aromatic hydroxyl groups is 1. The molecule has 0 aromatic heterocycles. The van der Waals surface area contributed by atoms with Gasteiger partial charge in [-0.05, 0) is 55.0 Å². The number of phenols is 1. The van der Waals surface area contributed by atoms with Crippen LogP contribution in [0.25, 0.3) is 6.08 Å². The lowest BCUT2D eigenvalue weighted by Gasteiger charge is -2.12. The largest absolute Gasteiger partial charge is 0.504 e. The van der Waals surface area contributed by atoms with E-state index in [0.717, 1.165) is 4.90 Å². The average molecular weight is 411 g/mol. The minimum Gasteiger partial charge on any atom is -0.504 e. The number of amides is 4. The van der Waals surface area contributed by atoms with Gasteiger partial charge in [-0.1, -0.05) is 6.07 Å². The third kappa shape index (κ3) is 4.69. The predicted octanol–water partition coefficient (Wildman–Crippen LogP) is 2.33. The summed E-state index contributed by atoms with van der Waals surface area (Å²) >= 11 is 0. The molecule has 9 nitrogen and oxygen atoms in total. The number of carbonyl (C=O) groups excluding carboxylic acids is 3. The van der Waals surface area contributed by atoms with Crippen molar-refractivity contribution in [3.63, 3.8) is 0 Å². The molecule has 4 amide bonds. The number of ether oxygens (including phenoxy) is 2. The molecule has 3 N–H and O–H groups in total. The molecule has 30 heavy (non-hydrogen) atoms. The molecule has 0 unspecified atom stereocenters. The second kappa shape index (κ2) is 8.99. The SMILES string of the molecule is CCOc1cc(/C=C2\NC(=O)N(CC(=O)Nc3ccc(OC)cc3)C2=O)ccc1O. The Balaban J connectivity index is 1.68. The van der Waals surface area contributed by atoms with E-state index < -0.39 is 24.4 Å². The van der Waals surface area contributed by atoms with Crippen LogP contribution in [0.3, 0.4) is 0 Å². The van der Waals surface area contributed by atoms with E-state index in [1.54, 1.807) is 43.3 Å². The van der Waals surface area contributed by atoms with Gasteiger partial charge in [0.25, 0.3) is 5.91 Å². The summed E-state index contributed by atoms with van der Waals surface area (Å²) in [4.78, 5) is 37.8. The first kappa shape index (κ1) is 20.7. The molecule has 0 radical (unpaired) electrons. The van der Waals surface area contributed by atoms with E-state index in [4.69, 9.17) is 9.47 Å². The van der Waals surface area contributed by atoms with Gasteiger partial charge in [0.2, 0.25) is 5.91 Å². The van der Waals surface area contributed by atoms with Gasteiger partial charge in [-0.25, -0.2) is 9.69 Å². The number of hydrogen-bond donors (Lipinski definition) is 3. The maximum absolute atomic E-state index is 12.6. The zero-order valence-electron chi connectivity index (χ0n) is 16.5. The second-order valence-electron chi connectivity index (χ2n) is 6.32. The van der Waals surface area contributed by atoms with Crippen molar-refractivity contribution in [2.45, 2.75) is 6.92 Å². The molecule has 0 saturated carbocycles. The van der Waals surface area contributed by atoms with Crippen molar-refractivity contribution in [3.05, 3.63) is 53.7 Å². The molecule has 0 aliphatic carbocycles. The first-order valence-corrected chi connectivity index (χ1v) is 9.15. The molecular weight excluding hydrogens is 390 g/mol. The number of carbonyl (C=O) groups is 3. The van der Waals surface area contributed by atoms with Gasteiger partial charge in [-0.15, -0.1) is 0 Å². The van der Waals surface area contributed by atoms with Crippen molar-refractivity contribution >= 4 is 29.6 Å². The van der Waals surface area contributed by atoms with E-state index in [1.165, 1.54) is 19.3 Å². The number of imide groups is 1. The van der Waals surface area contributed by atoms with Crippen molar-refractivity contribution < 1.29 is 29.0 Å². The quantitative estimate of drug-likeness (QED) is 0.476. The van der Waals surface area contributed by atoms with Crippen molar-refractivity contribution in [2.24, 2.45) is 0 Å². The fourth-order valence-corrected chi connectivity index (χ4v) is 2.79. The number of rotatable bonds is 7. The van der Waals surface area contributed by atoms with Gasteiger partial charge in [-0.3, -0.25) is 9.59 Å². The van der Waals surface area contributed by atoms with Crippen LogP contribution in [0, 0.1) is 0 Å². The molecule has 156 valence electrons. The zero-order valence-corrected chi connectivity index (χ0v) is 16.5. The summed E-state index contributed by atoms with van der Waals surface area (Å²) in [5.74, 6) is -0.278. The summed E-state index contributed by atoms with van der Waals surface area (Å²) in [6, 6.07) is 10.5. The van der Waals surface area contributed by atoms with Gasteiger partial charge in [0.1, 0.15) is 18.0 Å². The molecule has 1 fully saturated rings. The molecule has 0 atom stereocenters. The van der Waals surface area contributed by atoms with Crippen molar-refractivity contribution in [3.8, 4) is 17.2 Å². The van der Waals surface area contributed by atoms with Crippen LogP contribution in [0.15, 0.2) is 48.2 Å². The van der Waals surface area contributed by atoms with Crippen LogP contribution in [0.5, 0.6) is 17.2 Å². The number of hydrogen-bond acceptors (Lipinski definition) is 6. The monoisotopic (exact) mass is 411 g/mol. The van der Waals surface area contributed by atoms with Crippen molar-refractivity contribution in [2.75, 3.05) is 25.6 Å². The number of methoxy groups -OCH3 is 1. The molecule has 1 aliphatic rings. The smallest absolute Gasteiger partial charge is 0.329 e. The van der Waals surface area contributed by atoms with Gasteiger partial charge in [0.15, 0.2) is 11.5 Å². The minimum atomic E-state index is -0.694. The lowest BCUT2D eigenvalue weighted by molar-refractivity contribution is -0.127. The Kier molecular flexibility index (Phi) is 6.21. The Labute approximate surface area is 172 Å². The molecule has 9 heteroatoms. The first-order chi connectivity index (χ1) is 14.4. The number of benzene rings is 2. The maximum atomic E-state index is 12.6. The Morgan fingerprint density at radius 2 is 1.93 bits per heavy atom. The summed E-state index contributed by atoms with van der Waals surface area (Å²) in [5, 5.41) is 14.8. The van der Waals surface area contributed by atoms with E-state index >= 15 is 0 Å². The van der Waals surface area contributed by atoms with Gasteiger partial charge in [0, 0.05) is 5.69 Å². The van der Waals surface area contributed by atoms with Gasteiger partial charge in [0.05, 0.1) is 13.7 Å². The number of anilines is 1. The molecule has 0 bridgehead atoms.